The lowest BCUT2D eigenvalue weighted by Crippen LogP contribution is -2.21. The highest BCUT2D eigenvalue weighted by atomic mass is 79.9. The van der Waals surface area contributed by atoms with Crippen molar-refractivity contribution in [3.05, 3.63) is 45.0 Å². The van der Waals surface area contributed by atoms with Crippen molar-refractivity contribution in [1.29, 1.82) is 0 Å². The molecule has 1 aliphatic rings. The molecule has 1 aromatic carbocycles. The van der Waals surface area contributed by atoms with Gasteiger partial charge in [0.05, 0.1) is 11.2 Å². The second kappa shape index (κ2) is 8.08. The number of thiazole rings is 1. The number of hydrogen-bond donors (Lipinski definition) is 2. The molecular weight excluding hydrogens is 436 g/mol. The summed E-state index contributed by atoms with van der Waals surface area (Å²) in [6.07, 6.45) is 1.93. The van der Waals surface area contributed by atoms with Crippen LogP contribution in [0, 0.1) is 6.92 Å². The van der Waals surface area contributed by atoms with E-state index >= 15 is 0 Å². The zero-order valence-corrected chi connectivity index (χ0v) is 17.6. The summed E-state index contributed by atoms with van der Waals surface area (Å²) in [6, 6.07) is 6.34. The first-order valence-electron chi connectivity index (χ1n) is 8.34. The maximum Gasteiger partial charge on any atom is 0.246 e. The first-order chi connectivity index (χ1) is 12.1. The molecule has 3 aromatic rings. The van der Waals surface area contributed by atoms with Gasteiger partial charge in [-0.2, -0.15) is 0 Å². The summed E-state index contributed by atoms with van der Waals surface area (Å²) in [5, 5.41) is 10.2. The van der Waals surface area contributed by atoms with Gasteiger partial charge >= 0.3 is 0 Å². The number of halogens is 2. The van der Waals surface area contributed by atoms with E-state index in [0.29, 0.717) is 11.7 Å². The summed E-state index contributed by atoms with van der Waals surface area (Å²) in [4.78, 5) is 16.9. The summed E-state index contributed by atoms with van der Waals surface area (Å²) < 4.78 is 3.20. The number of amides is 1. The van der Waals surface area contributed by atoms with Crippen LogP contribution in [0.4, 0.5) is 5.13 Å². The number of fused-ring (bicyclic) bond motifs is 3. The number of carbonyl (C=O) groups excluding carboxylic acids is 1. The Bertz CT molecular complexity index is 952. The van der Waals surface area contributed by atoms with Crippen LogP contribution in [0.5, 0.6) is 0 Å². The standard InChI is InChI=1S/C18H19BrN4OS.ClH/c1-11-10-25-18(21-11)22-17(24)9-23-15-5-7-20-6-4-14(15)13-3-2-12(19)8-16(13)23;/h2-3,8,10,20H,4-7,9H2,1H3,(H,21,22,24);1H. The van der Waals surface area contributed by atoms with Gasteiger partial charge in [0.25, 0.3) is 0 Å². The van der Waals surface area contributed by atoms with E-state index in [0.717, 1.165) is 41.6 Å². The third-order valence-electron chi connectivity index (χ3n) is 4.51. The van der Waals surface area contributed by atoms with Crippen molar-refractivity contribution in [1.82, 2.24) is 14.9 Å². The Labute approximate surface area is 170 Å². The van der Waals surface area contributed by atoms with Crippen LogP contribution in [-0.2, 0) is 24.2 Å². The fourth-order valence-corrected chi connectivity index (χ4v) is 4.50. The summed E-state index contributed by atoms with van der Waals surface area (Å²) in [5.74, 6) is -0.0359. The number of aromatic nitrogens is 2. The van der Waals surface area contributed by atoms with Gasteiger partial charge in [-0.1, -0.05) is 22.0 Å². The number of anilines is 1. The maximum absolute atomic E-state index is 12.6. The Hall–Kier alpha value is -1.41. The Morgan fingerprint density at radius 2 is 2.19 bits per heavy atom. The lowest BCUT2D eigenvalue weighted by molar-refractivity contribution is -0.116. The quantitative estimate of drug-likeness (QED) is 0.629. The van der Waals surface area contributed by atoms with Crippen LogP contribution in [0.15, 0.2) is 28.1 Å². The van der Waals surface area contributed by atoms with Crippen molar-refractivity contribution in [3.8, 4) is 0 Å². The molecule has 2 aromatic heterocycles. The van der Waals surface area contributed by atoms with Crippen molar-refractivity contribution < 1.29 is 4.79 Å². The summed E-state index contributed by atoms with van der Waals surface area (Å²) in [7, 11) is 0. The summed E-state index contributed by atoms with van der Waals surface area (Å²) in [6.45, 7) is 4.15. The third kappa shape index (κ3) is 3.81. The number of benzene rings is 1. The largest absolute Gasteiger partial charge is 0.335 e. The van der Waals surface area contributed by atoms with E-state index < -0.39 is 0 Å². The van der Waals surface area contributed by atoms with Crippen molar-refractivity contribution in [2.24, 2.45) is 0 Å². The molecule has 0 spiro atoms. The van der Waals surface area contributed by atoms with Gasteiger partial charge < -0.3 is 15.2 Å². The normalized spacial score (nSPS) is 13.8. The summed E-state index contributed by atoms with van der Waals surface area (Å²) in [5.41, 5.74) is 4.68. The molecule has 1 amide bonds. The molecule has 8 heteroatoms. The third-order valence-corrected chi connectivity index (χ3v) is 5.88. The Morgan fingerprint density at radius 1 is 1.38 bits per heavy atom. The van der Waals surface area contributed by atoms with Crippen LogP contribution < -0.4 is 10.6 Å². The average molecular weight is 456 g/mol. The molecule has 138 valence electrons. The molecule has 0 bridgehead atoms. The van der Waals surface area contributed by atoms with Gasteiger partial charge in [0.2, 0.25) is 5.91 Å². The molecule has 0 fully saturated rings. The number of nitrogens with zero attached hydrogens (tertiary/aromatic N) is 2. The van der Waals surface area contributed by atoms with Crippen molar-refractivity contribution in [3.63, 3.8) is 0 Å². The molecule has 0 saturated heterocycles. The topological polar surface area (TPSA) is 59.0 Å². The fourth-order valence-electron chi connectivity index (χ4n) is 3.45. The van der Waals surface area contributed by atoms with Crippen LogP contribution in [0.1, 0.15) is 17.0 Å². The van der Waals surface area contributed by atoms with Gasteiger partial charge in [0.15, 0.2) is 5.13 Å². The van der Waals surface area contributed by atoms with E-state index in [1.54, 1.807) is 0 Å². The number of nitrogens with one attached hydrogen (secondary N) is 2. The van der Waals surface area contributed by atoms with Crippen LogP contribution in [0.3, 0.4) is 0 Å². The molecule has 0 radical (unpaired) electrons. The minimum atomic E-state index is -0.0359. The number of hydrogen-bond acceptors (Lipinski definition) is 4. The average Bonchev–Trinajstić information content (AvgIpc) is 2.99. The second-order valence-electron chi connectivity index (χ2n) is 6.27. The summed E-state index contributed by atoms with van der Waals surface area (Å²) >= 11 is 5.02. The fraction of sp³-hybridized carbons (Fsp3) is 0.333. The molecule has 4 rings (SSSR count). The smallest absolute Gasteiger partial charge is 0.246 e. The molecule has 0 atom stereocenters. The van der Waals surface area contributed by atoms with Crippen molar-refractivity contribution in [2.45, 2.75) is 26.3 Å². The van der Waals surface area contributed by atoms with Gasteiger partial charge in [-0.15, -0.1) is 23.7 Å². The van der Waals surface area contributed by atoms with Gasteiger partial charge in [-0.3, -0.25) is 4.79 Å². The molecule has 5 nitrogen and oxygen atoms in total. The number of carbonyl (C=O) groups is 1. The highest BCUT2D eigenvalue weighted by Crippen LogP contribution is 2.30. The molecule has 1 aliphatic heterocycles. The lowest BCUT2D eigenvalue weighted by atomic mass is 10.1. The SMILES string of the molecule is Cc1csc(NC(=O)Cn2c3c(c4ccc(Br)cc42)CCNCC3)n1.Cl. The molecule has 3 heterocycles. The number of aryl methyl sites for hydroxylation is 1. The van der Waals surface area contributed by atoms with E-state index in [1.165, 1.54) is 28.0 Å². The Morgan fingerprint density at radius 3 is 2.96 bits per heavy atom. The van der Waals surface area contributed by atoms with Crippen LogP contribution >= 0.6 is 39.7 Å². The second-order valence-corrected chi connectivity index (χ2v) is 8.04. The van der Waals surface area contributed by atoms with E-state index in [9.17, 15) is 4.79 Å². The predicted molar refractivity (Wildman–Crippen MR) is 113 cm³/mol. The highest BCUT2D eigenvalue weighted by Gasteiger charge is 2.20. The van der Waals surface area contributed by atoms with Gasteiger partial charge in [-0.25, -0.2) is 4.98 Å². The minimum Gasteiger partial charge on any atom is -0.335 e. The van der Waals surface area contributed by atoms with Crippen molar-refractivity contribution >= 4 is 61.6 Å². The van der Waals surface area contributed by atoms with Gasteiger partial charge in [0.1, 0.15) is 6.54 Å². The number of rotatable bonds is 3. The molecule has 0 unspecified atom stereocenters. The Kier molecular flexibility index (Phi) is 6.02. The first-order valence-corrected chi connectivity index (χ1v) is 10.0. The maximum atomic E-state index is 12.6. The predicted octanol–water partition coefficient (Wildman–Crippen LogP) is 3.92. The van der Waals surface area contributed by atoms with E-state index in [4.69, 9.17) is 0 Å². The van der Waals surface area contributed by atoms with Gasteiger partial charge in [-0.05, 0) is 37.6 Å². The highest BCUT2D eigenvalue weighted by molar-refractivity contribution is 9.10. The molecule has 0 aliphatic carbocycles. The van der Waals surface area contributed by atoms with E-state index in [2.05, 4.69) is 54.3 Å². The first kappa shape index (κ1) is 19.4. The van der Waals surface area contributed by atoms with Crippen LogP contribution in [0.25, 0.3) is 10.9 Å². The lowest BCUT2D eigenvalue weighted by Gasteiger charge is -2.10. The van der Waals surface area contributed by atoms with Crippen LogP contribution in [-0.4, -0.2) is 28.5 Å². The monoisotopic (exact) mass is 454 g/mol. The van der Waals surface area contributed by atoms with E-state index in [1.807, 2.05) is 12.3 Å². The molecular formula is C18H20BrClN4OS. The van der Waals surface area contributed by atoms with Crippen LogP contribution in [0.2, 0.25) is 0 Å². The van der Waals surface area contributed by atoms with Gasteiger partial charge in [0, 0.05) is 33.9 Å². The Balaban J connectivity index is 0.00000196. The zero-order chi connectivity index (χ0) is 17.4. The molecule has 0 saturated carbocycles. The molecule has 26 heavy (non-hydrogen) atoms. The van der Waals surface area contributed by atoms with Crippen molar-refractivity contribution in [2.75, 3.05) is 18.4 Å². The zero-order valence-electron chi connectivity index (χ0n) is 14.3. The minimum absolute atomic E-state index is 0. The van der Waals surface area contributed by atoms with E-state index in [-0.39, 0.29) is 18.3 Å². The molecule has 2 N–H and O–H groups in total.